The van der Waals surface area contributed by atoms with Gasteiger partial charge in [-0.2, -0.15) is 0 Å². The molecule has 0 saturated heterocycles. The first kappa shape index (κ1) is 13.7. The lowest BCUT2D eigenvalue weighted by molar-refractivity contribution is 0.366. The Labute approximate surface area is 126 Å². The van der Waals surface area contributed by atoms with Crippen molar-refractivity contribution in [3.63, 3.8) is 0 Å². The minimum Gasteiger partial charge on any atom is -0.487 e. The lowest BCUT2D eigenvalue weighted by atomic mass is 10.0. The summed E-state index contributed by atoms with van der Waals surface area (Å²) in [7, 11) is 0. The second kappa shape index (κ2) is 6.04. The summed E-state index contributed by atoms with van der Waals surface area (Å²) in [4.78, 5) is 2.24. The zero-order chi connectivity index (χ0) is 14.7. The van der Waals surface area contributed by atoms with Gasteiger partial charge in [-0.15, -0.1) is 0 Å². The Morgan fingerprint density at radius 1 is 1.05 bits per heavy atom. The average molecular weight is 279 g/mol. The summed E-state index contributed by atoms with van der Waals surface area (Å²) in [5.41, 5.74) is 3.81. The van der Waals surface area contributed by atoms with Gasteiger partial charge in [0.1, 0.15) is 12.4 Å². The van der Waals surface area contributed by atoms with Gasteiger partial charge in [0.15, 0.2) is 0 Å². The smallest absolute Gasteiger partial charge is 0.143 e. The van der Waals surface area contributed by atoms with Crippen LogP contribution in [0.15, 0.2) is 60.8 Å². The van der Waals surface area contributed by atoms with Crippen LogP contribution in [0, 0.1) is 0 Å². The molecule has 0 saturated carbocycles. The van der Waals surface area contributed by atoms with Crippen LogP contribution in [0.2, 0.25) is 0 Å². The highest BCUT2D eigenvalue weighted by molar-refractivity contribution is 5.61. The number of ether oxygens (including phenoxy) is 1. The molecule has 0 fully saturated rings. The monoisotopic (exact) mass is 279 g/mol. The molecule has 3 rings (SSSR count). The van der Waals surface area contributed by atoms with Gasteiger partial charge in [0.2, 0.25) is 0 Å². The van der Waals surface area contributed by atoms with E-state index in [4.69, 9.17) is 4.74 Å². The van der Waals surface area contributed by atoms with E-state index in [9.17, 15) is 0 Å². The van der Waals surface area contributed by atoms with E-state index in [1.807, 2.05) is 12.1 Å². The maximum atomic E-state index is 5.74. The van der Waals surface area contributed by atoms with Crippen molar-refractivity contribution in [3.05, 3.63) is 71.9 Å². The van der Waals surface area contributed by atoms with Gasteiger partial charge in [0, 0.05) is 12.7 Å². The maximum absolute atomic E-state index is 5.74. The number of hydrogen-bond donors (Lipinski definition) is 0. The number of para-hydroxylation sites is 2. The summed E-state index contributed by atoms with van der Waals surface area (Å²) in [6, 6.07) is 17.1. The molecule has 21 heavy (non-hydrogen) atoms. The van der Waals surface area contributed by atoms with Crippen LogP contribution >= 0.6 is 0 Å². The summed E-state index contributed by atoms with van der Waals surface area (Å²) < 4.78 is 5.74. The average Bonchev–Trinajstić information content (AvgIpc) is 2.71. The van der Waals surface area contributed by atoms with Gasteiger partial charge in [0.25, 0.3) is 0 Å². The second-order valence-electron chi connectivity index (χ2n) is 5.69. The van der Waals surface area contributed by atoms with E-state index in [2.05, 4.69) is 67.4 Å². The fraction of sp³-hybridized carbons (Fsp3) is 0.263. The molecule has 2 aromatic carbocycles. The highest BCUT2D eigenvalue weighted by atomic mass is 16.5. The molecular weight excluding hydrogens is 258 g/mol. The van der Waals surface area contributed by atoms with E-state index < -0.39 is 0 Å². The molecule has 0 radical (unpaired) electrons. The predicted molar refractivity (Wildman–Crippen MR) is 87.8 cm³/mol. The number of fused-ring (bicyclic) bond motifs is 1. The van der Waals surface area contributed by atoms with E-state index in [0.717, 1.165) is 18.0 Å². The Balaban J connectivity index is 1.84. The molecule has 0 bridgehead atoms. The van der Waals surface area contributed by atoms with Gasteiger partial charge in [0.05, 0.1) is 5.69 Å². The topological polar surface area (TPSA) is 12.5 Å². The fourth-order valence-corrected chi connectivity index (χ4v) is 2.55. The van der Waals surface area contributed by atoms with Crippen LogP contribution in [0.1, 0.15) is 30.9 Å². The zero-order valence-corrected chi connectivity index (χ0v) is 12.6. The summed E-state index contributed by atoms with van der Waals surface area (Å²) in [5.74, 6) is 1.52. The first-order chi connectivity index (χ1) is 10.2. The van der Waals surface area contributed by atoms with Crippen LogP contribution in [-0.2, 0) is 6.54 Å². The van der Waals surface area contributed by atoms with Crippen molar-refractivity contribution in [1.82, 2.24) is 0 Å². The van der Waals surface area contributed by atoms with Crippen molar-refractivity contribution >= 4 is 5.69 Å². The Morgan fingerprint density at radius 2 is 1.81 bits per heavy atom. The third-order valence-corrected chi connectivity index (χ3v) is 3.79. The Bertz CT molecular complexity index is 628. The van der Waals surface area contributed by atoms with Crippen molar-refractivity contribution in [2.24, 2.45) is 0 Å². The van der Waals surface area contributed by atoms with Gasteiger partial charge in [-0.1, -0.05) is 50.2 Å². The van der Waals surface area contributed by atoms with E-state index in [-0.39, 0.29) is 0 Å². The van der Waals surface area contributed by atoms with Crippen molar-refractivity contribution in [2.45, 2.75) is 26.3 Å². The zero-order valence-electron chi connectivity index (χ0n) is 12.6. The fourth-order valence-electron chi connectivity index (χ4n) is 2.55. The summed E-state index contributed by atoms with van der Waals surface area (Å²) in [5, 5.41) is 0. The molecule has 1 aliphatic rings. The number of rotatable bonds is 3. The lowest BCUT2D eigenvalue weighted by Gasteiger charge is -2.21. The summed E-state index contributed by atoms with van der Waals surface area (Å²) >= 11 is 0. The van der Waals surface area contributed by atoms with Crippen LogP contribution in [0.25, 0.3) is 0 Å². The predicted octanol–water partition coefficient (Wildman–Crippen LogP) is 4.72. The maximum Gasteiger partial charge on any atom is 0.143 e. The molecule has 2 heteroatoms. The number of benzene rings is 2. The molecule has 2 aromatic rings. The van der Waals surface area contributed by atoms with Gasteiger partial charge >= 0.3 is 0 Å². The molecule has 1 heterocycles. The first-order valence-corrected chi connectivity index (χ1v) is 7.48. The second-order valence-corrected chi connectivity index (χ2v) is 5.69. The van der Waals surface area contributed by atoms with E-state index in [0.29, 0.717) is 12.5 Å². The molecule has 0 amide bonds. The van der Waals surface area contributed by atoms with E-state index >= 15 is 0 Å². The van der Waals surface area contributed by atoms with Crippen molar-refractivity contribution in [2.75, 3.05) is 11.5 Å². The molecule has 0 spiro atoms. The minimum absolute atomic E-state index is 0.575. The lowest BCUT2D eigenvalue weighted by Crippen LogP contribution is -2.15. The minimum atomic E-state index is 0.575. The van der Waals surface area contributed by atoms with Crippen molar-refractivity contribution in [3.8, 4) is 5.75 Å². The van der Waals surface area contributed by atoms with Crippen LogP contribution < -0.4 is 9.64 Å². The third-order valence-electron chi connectivity index (χ3n) is 3.79. The quantitative estimate of drug-likeness (QED) is 0.806. The summed E-state index contributed by atoms with van der Waals surface area (Å²) in [6.45, 7) is 5.93. The third kappa shape index (κ3) is 3.10. The molecule has 0 atom stereocenters. The molecule has 2 nitrogen and oxygen atoms in total. The first-order valence-electron chi connectivity index (χ1n) is 7.48. The summed E-state index contributed by atoms with van der Waals surface area (Å²) in [6.07, 6.45) is 4.17. The van der Waals surface area contributed by atoms with Crippen LogP contribution in [0.5, 0.6) is 5.75 Å². The number of anilines is 1. The normalized spacial score (nSPS) is 13.8. The highest BCUT2D eigenvalue weighted by Crippen LogP contribution is 2.31. The van der Waals surface area contributed by atoms with Crippen LogP contribution in [0.3, 0.4) is 0 Å². The van der Waals surface area contributed by atoms with Gasteiger partial charge in [-0.25, -0.2) is 0 Å². The molecule has 108 valence electrons. The molecule has 1 aliphatic heterocycles. The van der Waals surface area contributed by atoms with Gasteiger partial charge < -0.3 is 9.64 Å². The van der Waals surface area contributed by atoms with Crippen molar-refractivity contribution < 1.29 is 4.74 Å². The van der Waals surface area contributed by atoms with E-state index in [1.165, 1.54) is 11.1 Å². The largest absolute Gasteiger partial charge is 0.487 e. The van der Waals surface area contributed by atoms with Crippen LogP contribution in [0.4, 0.5) is 5.69 Å². The standard InChI is InChI=1S/C19H21NO/c1-15(2)17-10-8-16(9-11-17)14-20-12-5-13-21-19-7-4-3-6-18(19)20/h3-12,15H,13-14H2,1-2H3. The Kier molecular flexibility index (Phi) is 3.96. The molecule has 0 aliphatic carbocycles. The van der Waals surface area contributed by atoms with Crippen molar-refractivity contribution in [1.29, 1.82) is 0 Å². The molecule has 0 unspecified atom stereocenters. The van der Waals surface area contributed by atoms with Gasteiger partial charge in [-0.3, -0.25) is 0 Å². The SMILES string of the molecule is CC(C)c1ccc(CN2C=CCOc3ccccc32)cc1. The number of nitrogens with zero attached hydrogens (tertiary/aromatic N) is 1. The van der Waals surface area contributed by atoms with E-state index in [1.54, 1.807) is 0 Å². The highest BCUT2D eigenvalue weighted by Gasteiger charge is 2.12. The molecule has 0 aromatic heterocycles. The number of hydrogen-bond acceptors (Lipinski definition) is 2. The molecular formula is C19H21NO. The van der Waals surface area contributed by atoms with Crippen LogP contribution in [-0.4, -0.2) is 6.61 Å². The Hall–Kier alpha value is -2.22. The van der Waals surface area contributed by atoms with Gasteiger partial charge in [-0.05, 0) is 35.3 Å². The Morgan fingerprint density at radius 3 is 2.57 bits per heavy atom. The molecule has 0 N–H and O–H groups in total.